The lowest BCUT2D eigenvalue weighted by molar-refractivity contribution is -0.262. The maximum absolute atomic E-state index is 9.68. The Morgan fingerprint density at radius 2 is 1.68 bits per heavy atom. The number of ether oxygens (including phenoxy) is 5. The van der Waals surface area contributed by atoms with Gasteiger partial charge in [-0.05, 0) is 36.2 Å². The van der Waals surface area contributed by atoms with Crippen LogP contribution in [0.15, 0.2) is 40.6 Å². The number of nitrogens with zero attached hydrogens (tertiary/aromatic N) is 6. The summed E-state index contributed by atoms with van der Waals surface area (Å²) in [7, 11) is 1.55. The van der Waals surface area contributed by atoms with Crippen molar-refractivity contribution in [2.24, 2.45) is 22.1 Å². The van der Waals surface area contributed by atoms with Gasteiger partial charge >= 0.3 is 0 Å². The van der Waals surface area contributed by atoms with Crippen molar-refractivity contribution >= 4 is 0 Å². The lowest BCUT2D eigenvalue weighted by atomic mass is 9.87. The third kappa shape index (κ3) is 6.91. The van der Waals surface area contributed by atoms with E-state index in [-0.39, 0.29) is 42.8 Å². The summed E-state index contributed by atoms with van der Waals surface area (Å²) in [5, 5.41) is 26.0. The predicted molar refractivity (Wildman–Crippen MR) is 132 cm³/mol. The number of fused-ring (bicyclic) bond motifs is 1. The molecular formula is C24H36N6O7. The van der Waals surface area contributed by atoms with Crippen LogP contribution in [-0.2, 0) is 23.7 Å². The summed E-state index contributed by atoms with van der Waals surface area (Å²) in [6.45, 7) is 5.86. The lowest BCUT2D eigenvalue weighted by Crippen LogP contribution is -2.53. The summed E-state index contributed by atoms with van der Waals surface area (Å²) in [4.78, 5) is 5.64. The molecule has 37 heavy (non-hydrogen) atoms. The molecule has 0 aromatic heterocycles. The van der Waals surface area contributed by atoms with Crippen molar-refractivity contribution in [3.05, 3.63) is 56.8 Å². The van der Waals surface area contributed by atoms with Crippen molar-refractivity contribution in [1.82, 2.24) is 0 Å². The first-order valence-corrected chi connectivity index (χ1v) is 12.4. The minimum atomic E-state index is -0.785. The van der Waals surface area contributed by atoms with Crippen molar-refractivity contribution in [2.45, 2.75) is 82.4 Å². The summed E-state index contributed by atoms with van der Waals surface area (Å²) in [5.74, 6) is -0.241. The SMILES string of the molecule is CC1[C@H](O)C(CO)O[C@H](C)[C@H]1N=[N+]=[N-].CO[C@H]1OC2CCOC(c3ccccc3)O[C@H]2C(C)[C@@H]1N=[N+]=[N-]. The average molecular weight is 521 g/mol. The van der Waals surface area contributed by atoms with Crippen LogP contribution < -0.4 is 0 Å². The molecule has 13 nitrogen and oxygen atoms in total. The lowest BCUT2D eigenvalue weighted by Gasteiger charge is -2.42. The standard InChI is InChI=1S/C16H21N3O4.C8H15N3O3/c1-10-13(18-19-17)16(20-2)22-12-8-9-21-15(23-14(10)12)11-6-4-3-5-7-11;1-4-7(10-11-9)5(2)14-6(3-12)8(4)13/h3-7,10,12-16H,8-9H2,1-2H3;4-8,12-13H,3H2,1-2H3/t10?,12?,13-,14-,15?,16-;4?,5-,6?,7+,8+/m01/s1. The van der Waals surface area contributed by atoms with Gasteiger partial charge in [-0.3, -0.25) is 0 Å². The monoisotopic (exact) mass is 520 g/mol. The first kappa shape index (κ1) is 29.1. The highest BCUT2D eigenvalue weighted by molar-refractivity contribution is 5.16. The van der Waals surface area contributed by atoms with E-state index in [1.165, 1.54) is 0 Å². The van der Waals surface area contributed by atoms with E-state index in [1.807, 2.05) is 37.3 Å². The van der Waals surface area contributed by atoms with Gasteiger partial charge in [-0.15, -0.1) is 0 Å². The maximum Gasteiger partial charge on any atom is 0.184 e. The van der Waals surface area contributed by atoms with Crippen molar-refractivity contribution in [3.8, 4) is 0 Å². The number of methoxy groups -OCH3 is 1. The molecule has 0 aliphatic carbocycles. The molecule has 3 aliphatic heterocycles. The largest absolute Gasteiger partial charge is 0.394 e. The molecule has 2 N–H and O–H groups in total. The van der Waals surface area contributed by atoms with Crippen LogP contribution in [0.4, 0.5) is 0 Å². The fraction of sp³-hybridized carbons (Fsp3) is 0.750. The molecule has 3 aliphatic rings. The summed E-state index contributed by atoms with van der Waals surface area (Å²) in [6.07, 6.45) is -2.29. The van der Waals surface area contributed by atoms with E-state index in [1.54, 1.807) is 21.0 Å². The molecule has 0 saturated carbocycles. The van der Waals surface area contributed by atoms with E-state index in [9.17, 15) is 5.11 Å². The quantitative estimate of drug-likeness (QED) is 0.337. The molecule has 0 amide bonds. The highest BCUT2D eigenvalue weighted by atomic mass is 16.7. The molecule has 1 aromatic carbocycles. The van der Waals surface area contributed by atoms with Gasteiger partial charge in [0.1, 0.15) is 6.10 Å². The number of aliphatic hydroxyl groups is 2. The van der Waals surface area contributed by atoms with Gasteiger partial charge in [0.2, 0.25) is 0 Å². The fourth-order valence-corrected chi connectivity index (χ4v) is 5.04. The Balaban J connectivity index is 0.000000233. The highest BCUT2D eigenvalue weighted by Crippen LogP contribution is 2.37. The van der Waals surface area contributed by atoms with Crippen LogP contribution in [0.25, 0.3) is 20.9 Å². The van der Waals surface area contributed by atoms with Crippen molar-refractivity contribution in [2.75, 3.05) is 20.3 Å². The average Bonchev–Trinajstić information content (AvgIpc) is 3.14. The van der Waals surface area contributed by atoms with Crippen LogP contribution in [0.5, 0.6) is 0 Å². The Morgan fingerprint density at radius 1 is 1.00 bits per heavy atom. The van der Waals surface area contributed by atoms with Gasteiger partial charge in [0.15, 0.2) is 12.6 Å². The second kappa shape index (κ2) is 13.9. The van der Waals surface area contributed by atoms with Gasteiger partial charge in [0.25, 0.3) is 0 Å². The van der Waals surface area contributed by atoms with Crippen LogP contribution in [0.3, 0.4) is 0 Å². The number of hydrogen-bond acceptors (Lipinski definition) is 9. The first-order chi connectivity index (χ1) is 17.9. The van der Waals surface area contributed by atoms with Gasteiger partial charge in [-0.25, -0.2) is 0 Å². The van der Waals surface area contributed by atoms with Crippen LogP contribution in [0.1, 0.15) is 39.0 Å². The summed E-state index contributed by atoms with van der Waals surface area (Å²) in [6, 6.07) is 9.00. The summed E-state index contributed by atoms with van der Waals surface area (Å²) < 4.78 is 28.7. The van der Waals surface area contributed by atoms with Crippen LogP contribution >= 0.6 is 0 Å². The Morgan fingerprint density at radius 3 is 2.30 bits per heavy atom. The molecule has 3 heterocycles. The van der Waals surface area contributed by atoms with Crippen LogP contribution in [-0.4, -0.2) is 79.4 Å². The zero-order chi connectivity index (χ0) is 26.9. The van der Waals surface area contributed by atoms with Crippen molar-refractivity contribution in [1.29, 1.82) is 0 Å². The Hall–Kier alpha value is -2.44. The Labute approximate surface area is 215 Å². The van der Waals surface area contributed by atoms with Crippen LogP contribution in [0.2, 0.25) is 0 Å². The molecule has 1 aromatic rings. The molecule has 3 saturated heterocycles. The molecule has 3 fully saturated rings. The Kier molecular flexibility index (Phi) is 11.0. The Bertz CT molecular complexity index is 945. The normalized spacial score (nSPS) is 39.5. The van der Waals surface area contributed by atoms with Crippen molar-refractivity contribution in [3.63, 3.8) is 0 Å². The van der Waals surface area contributed by atoms with E-state index >= 15 is 0 Å². The predicted octanol–water partition coefficient (Wildman–Crippen LogP) is 3.62. The number of rotatable bonds is 5. The summed E-state index contributed by atoms with van der Waals surface area (Å²) >= 11 is 0. The zero-order valence-corrected chi connectivity index (χ0v) is 21.5. The van der Waals surface area contributed by atoms with E-state index < -0.39 is 30.8 Å². The maximum atomic E-state index is 9.68. The molecular weight excluding hydrogens is 484 g/mol. The number of aliphatic hydroxyl groups excluding tert-OH is 2. The highest BCUT2D eigenvalue weighted by Gasteiger charge is 2.46. The van der Waals surface area contributed by atoms with Gasteiger partial charge in [0, 0.05) is 22.5 Å². The molecule has 0 spiro atoms. The molecule has 0 radical (unpaired) electrons. The molecule has 5 unspecified atom stereocenters. The molecule has 13 heteroatoms. The van der Waals surface area contributed by atoms with E-state index in [0.29, 0.717) is 13.0 Å². The van der Waals surface area contributed by atoms with E-state index in [2.05, 4.69) is 20.1 Å². The third-order valence-corrected chi connectivity index (χ3v) is 7.15. The summed E-state index contributed by atoms with van der Waals surface area (Å²) in [5.41, 5.74) is 18.1. The van der Waals surface area contributed by atoms with Gasteiger partial charge < -0.3 is 33.9 Å². The molecule has 4 rings (SSSR count). The smallest absolute Gasteiger partial charge is 0.184 e. The van der Waals surface area contributed by atoms with Crippen molar-refractivity contribution < 1.29 is 33.9 Å². The third-order valence-electron chi connectivity index (χ3n) is 7.15. The number of benzene rings is 1. The van der Waals surface area contributed by atoms with Gasteiger partial charge in [-0.2, -0.15) is 0 Å². The van der Waals surface area contributed by atoms with E-state index in [0.717, 1.165) is 5.56 Å². The van der Waals surface area contributed by atoms with Crippen LogP contribution in [0, 0.1) is 11.8 Å². The second-order valence-electron chi connectivity index (χ2n) is 9.44. The number of azide groups is 2. The van der Waals surface area contributed by atoms with E-state index in [4.69, 9.17) is 39.9 Å². The zero-order valence-electron chi connectivity index (χ0n) is 21.5. The van der Waals surface area contributed by atoms with Gasteiger partial charge in [0.05, 0.1) is 49.7 Å². The number of hydrogen-bond donors (Lipinski definition) is 2. The van der Waals surface area contributed by atoms with Gasteiger partial charge in [-0.1, -0.05) is 54.4 Å². The topological polar surface area (TPSA) is 184 Å². The fourth-order valence-electron chi connectivity index (χ4n) is 5.04. The first-order valence-electron chi connectivity index (χ1n) is 12.4. The minimum absolute atomic E-state index is 0.0393. The minimum Gasteiger partial charge on any atom is -0.394 e. The molecule has 0 bridgehead atoms. The molecule has 11 atom stereocenters. The molecule has 204 valence electrons. The second-order valence-corrected chi connectivity index (χ2v) is 9.44.